The first-order valence-electron chi connectivity index (χ1n) is 6.80. The lowest BCUT2D eigenvalue weighted by Crippen LogP contribution is -2.20. The molecule has 124 valence electrons. The summed E-state index contributed by atoms with van der Waals surface area (Å²) in [5, 5.41) is 2.24. The van der Waals surface area contributed by atoms with Crippen LogP contribution in [0.1, 0.15) is 5.56 Å². The van der Waals surface area contributed by atoms with Gasteiger partial charge in [0.15, 0.2) is 18.2 Å². The van der Waals surface area contributed by atoms with Crippen molar-refractivity contribution in [1.82, 2.24) is 0 Å². The molecule has 2 aromatic rings. The van der Waals surface area contributed by atoms with E-state index in [4.69, 9.17) is 0 Å². The third-order valence-corrected chi connectivity index (χ3v) is 2.85. The lowest BCUT2D eigenvalue weighted by Gasteiger charge is -2.05. The predicted octanol–water partition coefficient (Wildman–Crippen LogP) is 3.30. The van der Waals surface area contributed by atoms with Crippen molar-refractivity contribution < 1.29 is 27.5 Å². The highest BCUT2D eigenvalue weighted by molar-refractivity contribution is 5.94. The second-order valence-electron chi connectivity index (χ2n) is 4.64. The molecule has 2 rings (SSSR count). The molecule has 4 nitrogen and oxygen atoms in total. The Kier molecular flexibility index (Phi) is 5.73. The maximum atomic E-state index is 13.3. The zero-order valence-electron chi connectivity index (χ0n) is 12.3. The van der Waals surface area contributed by atoms with Crippen LogP contribution in [0.15, 0.2) is 48.5 Å². The highest BCUT2D eigenvalue weighted by Crippen LogP contribution is 2.13. The van der Waals surface area contributed by atoms with Gasteiger partial charge in [-0.2, -0.15) is 0 Å². The normalized spacial score (nSPS) is 10.6. The fraction of sp³-hybridized carbons (Fsp3) is 0.0588. The van der Waals surface area contributed by atoms with Crippen LogP contribution in [0.2, 0.25) is 0 Å². The Hall–Kier alpha value is -3.09. The van der Waals surface area contributed by atoms with E-state index < -0.39 is 35.9 Å². The number of esters is 1. The van der Waals surface area contributed by atoms with Gasteiger partial charge in [0.1, 0.15) is 5.82 Å². The van der Waals surface area contributed by atoms with E-state index in [2.05, 4.69) is 10.1 Å². The minimum Gasteiger partial charge on any atom is -0.452 e. The zero-order valence-corrected chi connectivity index (χ0v) is 12.3. The number of nitrogens with one attached hydrogen (secondary N) is 1. The van der Waals surface area contributed by atoms with E-state index in [1.807, 2.05) is 0 Å². The Morgan fingerprint density at radius 2 is 1.75 bits per heavy atom. The Morgan fingerprint density at radius 3 is 2.46 bits per heavy atom. The van der Waals surface area contributed by atoms with Crippen LogP contribution in [-0.2, 0) is 14.3 Å². The van der Waals surface area contributed by atoms with Gasteiger partial charge in [-0.3, -0.25) is 4.79 Å². The summed E-state index contributed by atoms with van der Waals surface area (Å²) in [7, 11) is 0. The topological polar surface area (TPSA) is 55.4 Å². The SMILES string of the molecule is O=C(COC(=O)/C=C/c1ccccc1F)Nc1ccc(F)c(F)c1. The summed E-state index contributed by atoms with van der Waals surface area (Å²) in [4.78, 5) is 23.0. The van der Waals surface area contributed by atoms with E-state index in [0.29, 0.717) is 0 Å². The lowest BCUT2D eigenvalue weighted by molar-refractivity contribution is -0.142. The Bertz CT molecular complexity index is 790. The molecule has 0 aliphatic heterocycles. The summed E-state index contributed by atoms with van der Waals surface area (Å²) in [6, 6.07) is 8.63. The molecular formula is C17H12F3NO3. The molecule has 0 saturated carbocycles. The van der Waals surface area contributed by atoms with Crippen LogP contribution in [0.4, 0.5) is 18.9 Å². The van der Waals surface area contributed by atoms with Crippen LogP contribution in [0.3, 0.4) is 0 Å². The molecule has 2 aromatic carbocycles. The summed E-state index contributed by atoms with van der Waals surface area (Å²) >= 11 is 0. The van der Waals surface area contributed by atoms with Gasteiger partial charge in [0.25, 0.3) is 5.91 Å². The van der Waals surface area contributed by atoms with Gasteiger partial charge >= 0.3 is 5.97 Å². The minimum atomic E-state index is -1.11. The molecule has 0 aliphatic carbocycles. The van der Waals surface area contributed by atoms with Gasteiger partial charge in [0.2, 0.25) is 0 Å². The lowest BCUT2D eigenvalue weighted by atomic mass is 10.2. The molecular weight excluding hydrogens is 323 g/mol. The van der Waals surface area contributed by atoms with Crippen molar-refractivity contribution >= 4 is 23.6 Å². The number of hydrogen-bond acceptors (Lipinski definition) is 3. The Morgan fingerprint density at radius 1 is 1.00 bits per heavy atom. The van der Waals surface area contributed by atoms with Crippen molar-refractivity contribution in [3.8, 4) is 0 Å². The van der Waals surface area contributed by atoms with Gasteiger partial charge in [-0.15, -0.1) is 0 Å². The van der Waals surface area contributed by atoms with E-state index in [0.717, 1.165) is 24.3 Å². The maximum Gasteiger partial charge on any atom is 0.331 e. The molecule has 0 radical (unpaired) electrons. The molecule has 1 amide bonds. The van der Waals surface area contributed by atoms with Gasteiger partial charge in [-0.25, -0.2) is 18.0 Å². The number of ether oxygens (including phenoxy) is 1. The van der Waals surface area contributed by atoms with Crippen molar-refractivity contribution in [3.05, 3.63) is 71.6 Å². The van der Waals surface area contributed by atoms with Crippen LogP contribution >= 0.6 is 0 Å². The Labute approximate surface area is 135 Å². The fourth-order valence-corrected chi connectivity index (χ4v) is 1.72. The van der Waals surface area contributed by atoms with Gasteiger partial charge in [-0.05, 0) is 24.3 Å². The highest BCUT2D eigenvalue weighted by Gasteiger charge is 2.08. The van der Waals surface area contributed by atoms with Crippen molar-refractivity contribution in [2.45, 2.75) is 0 Å². The molecule has 0 fully saturated rings. The van der Waals surface area contributed by atoms with Crippen molar-refractivity contribution in [3.63, 3.8) is 0 Å². The number of benzene rings is 2. The number of anilines is 1. The van der Waals surface area contributed by atoms with E-state index in [1.54, 1.807) is 6.07 Å². The molecule has 0 unspecified atom stereocenters. The molecule has 0 bridgehead atoms. The monoisotopic (exact) mass is 335 g/mol. The highest BCUT2D eigenvalue weighted by atomic mass is 19.2. The minimum absolute atomic E-state index is 0.0249. The number of carbonyl (C=O) groups is 2. The summed E-state index contributed by atoms with van der Waals surface area (Å²) in [6.45, 7) is -0.626. The molecule has 0 spiro atoms. The molecule has 1 N–H and O–H groups in total. The third kappa shape index (κ3) is 4.98. The Balaban J connectivity index is 1.84. The zero-order chi connectivity index (χ0) is 17.5. The van der Waals surface area contributed by atoms with E-state index >= 15 is 0 Å². The average Bonchev–Trinajstić information content (AvgIpc) is 2.55. The van der Waals surface area contributed by atoms with Crippen molar-refractivity contribution in [2.24, 2.45) is 0 Å². The van der Waals surface area contributed by atoms with Crippen molar-refractivity contribution in [2.75, 3.05) is 11.9 Å². The number of carbonyl (C=O) groups excluding carboxylic acids is 2. The largest absolute Gasteiger partial charge is 0.452 e. The third-order valence-electron chi connectivity index (χ3n) is 2.85. The van der Waals surface area contributed by atoms with Gasteiger partial charge in [0.05, 0.1) is 0 Å². The van der Waals surface area contributed by atoms with Gasteiger partial charge < -0.3 is 10.1 Å². The molecule has 0 saturated heterocycles. The van der Waals surface area contributed by atoms with Crippen LogP contribution in [0.5, 0.6) is 0 Å². The first-order chi connectivity index (χ1) is 11.5. The number of rotatable bonds is 5. The van der Waals surface area contributed by atoms with Crippen molar-refractivity contribution in [1.29, 1.82) is 0 Å². The molecule has 0 atom stereocenters. The van der Waals surface area contributed by atoms with Crippen LogP contribution < -0.4 is 5.32 Å². The van der Waals surface area contributed by atoms with E-state index in [-0.39, 0.29) is 11.3 Å². The van der Waals surface area contributed by atoms with Crippen LogP contribution in [0, 0.1) is 17.5 Å². The quantitative estimate of drug-likeness (QED) is 0.674. The number of amides is 1. The van der Waals surface area contributed by atoms with Gasteiger partial charge in [-0.1, -0.05) is 18.2 Å². The number of hydrogen-bond donors (Lipinski definition) is 1. The first-order valence-corrected chi connectivity index (χ1v) is 6.80. The molecule has 0 heterocycles. The predicted molar refractivity (Wildman–Crippen MR) is 81.4 cm³/mol. The number of halogens is 3. The van der Waals surface area contributed by atoms with E-state index in [9.17, 15) is 22.8 Å². The second kappa shape index (κ2) is 7.96. The van der Waals surface area contributed by atoms with Crippen LogP contribution in [-0.4, -0.2) is 18.5 Å². The van der Waals surface area contributed by atoms with E-state index in [1.165, 1.54) is 24.3 Å². The average molecular weight is 335 g/mol. The molecule has 24 heavy (non-hydrogen) atoms. The summed E-state index contributed by atoms with van der Waals surface area (Å²) < 4.78 is 43.7. The molecule has 0 aromatic heterocycles. The van der Waals surface area contributed by atoms with Crippen LogP contribution in [0.25, 0.3) is 6.08 Å². The summed E-state index contributed by atoms with van der Waals surface area (Å²) in [5.41, 5.74) is 0.220. The standard InChI is InChI=1S/C17H12F3NO3/c18-13-4-2-1-3-11(13)5-8-17(23)24-10-16(22)21-12-6-7-14(19)15(20)9-12/h1-9H,10H2,(H,21,22)/b8-5+. The summed E-state index contributed by atoms with van der Waals surface area (Å²) in [6.07, 6.45) is 2.19. The smallest absolute Gasteiger partial charge is 0.331 e. The summed E-state index contributed by atoms with van der Waals surface area (Å²) in [5.74, 6) is -4.24. The second-order valence-corrected chi connectivity index (χ2v) is 4.64. The maximum absolute atomic E-state index is 13.3. The fourth-order valence-electron chi connectivity index (χ4n) is 1.72. The first kappa shape index (κ1) is 17.3. The van der Waals surface area contributed by atoms with Gasteiger partial charge in [0, 0.05) is 23.4 Å². The molecule has 0 aliphatic rings. The molecule has 7 heteroatoms.